The quantitative estimate of drug-likeness (QED) is 0.811. The van der Waals surface area contributed by atoms with E-state index in [1.54, 1.807) is 0 Å². The van der Waals surface area contributed by atoms with E-state index in [0.29, 0.717) is 24.0 Å². The van der Waals surface area contributed by atoms with E-state index in [4.69, 9.17) is 4.74 Å². The van der Waals surface area contributed by atoms with Crippen LogP contribution < -0.4 is 5.32 Å². The maximum absolute atomic E-state index is 12.5. The Balaban J connectivity index is 1.55. The number of rotatable bonds is 2. The van der Waals surface area contributed by atoms with E-state index >= 15 is 0 Å². The van der Waals surface area contributed by atoms with E-state index < -0.39 is 0 Å². The lowest BCUT2D eigenvalue weighted by Crippen LogP contribution is -2.40. The number of hydrogen-bond acceptors (Lipinski definition) is 2. The highest BCUT2D eigenvalue weighted by Crippen LogP contribution is 2.64. The van der Waals surface area contributed by atoms with Crippen molar-refractivity contribution in [3.63, 3.8) is 0 Å². The molecule has 0 spiro atoms. The third-order valence-corrected chi connectivity index (χ3v) is 5.03. The summed E-state index contributed by atoms with van der Waals surface area (Å²) >= 11 is 0. The monoisotopic (exact) mass is 243 g/mol. The van der Waals surface area contributed by atoms with Gasteiger partial charge in [0.25, 0.3) is 0 Å². The van der Waals surface area contributed by atoms with Crippen molar-refractivity contribution in [3.05, 3.63) is 30.3 Å². The van der Waals surface area contributed by atoms with Crippen LogP contribution in [0.1, 0.15) is 19.8 Å². The number of hydrogen-bond donors (Lipinski definition) is 1. The average molecular weight is 243 g/mol. The fraction of sp³-hybridized carbons (Fsp3) is 0.533. The summed E-state index contributed by atoms with van der Waals surface area (Å²) in [4.78, 5) is 12.5. The molecule has 0 radical (unpaired) electrons. The van der Waals surface area contributed by atoms with E-state index in [9.17, 15) is 4.79 Å². The second-order valence-corrected chi connectivity index (χ2v) is 6.11. The Bertz CT molecular complexity index is 500. The minimum atomic E-state index is -0.238. The van der Waals surface area contributed by atoms with Gasteiger partial charge in [-0.25, -0.2) is 0 Å². The number of fused-ring (bicyclic) bond motifs is 5. The zero-order valence-corrected chi connectivity index (χ0v) is 10.4. The first-order valence-electron chi connectivity index (χ1n) is 6.70. The fourth-order valence-corrected chi connectivity index (χ4v) is 4.01. The number of para-hydroxylation sites is 1. The van der Waals surface area contributed by atoms with Crippen LogP contribution in [0.4, 0.5) is 5.69 Å². The Morgan fingerprint density at radius 1 is 1.33 bits per heavy atom. The molecule has 0 unspecified atom stereocenters. The molecule has 4 rings (SSSR count). The zero-order chi connectivity index (χ0) is 12.3. The average Bonchev–Trinajstić information content (AvgIpc) is 3.01. The molecule has 18 heavy (non-hydrogen) atoms. The van der Waals surface area contributed by atoms with Crippen LogP contribution in [0.3, 0.4) is 0 Å². The van der Waals surface area contributed by atoms with Crippen molar-refractivity contribution in [1.29, 1.82) is 0 Å². The Morgan fingerprint density at radius 2 is 2.11 bits per heavy atom. The molecule has 5 atom stereocenters. The molecule has 1 N–H and O–H groups in total. The van der Waals surface area contributed by atoms with Gasteiger partial charge in [-0.1, -0.05) is 25.1 Å². The normalized spacial score (nSPS) is 43.6. The lowest BCUT2D eigenvalue weighted by Gasteiger charge is -2.30. The molecule has 1 heterocycles. The lowest BCUT2D eigenvalue weighted by molar-refractivity contribution is -0.127. The summed E-state index contributed by atoms with van der Waals surface area (Å²) in [5.41, 5.74) is 0.651. The molecule has 2 saturated carbocycles. The summed E-state index contributed by atoms with van der Waals surface area (Å²) in [6.45, 7) is 2.10. The van der Waals surface area contributed by atoms with Gasteiger partial charge < -0.3 is 10.1 Å². The molecule has 1 aromatic carbocycles. The summed E-state index contributed by atoms with van der Waals surface area (Å²) in [5.74, 6) is 1.21. The van der Waals surface area contributed by atoms with Crippen LogP contribution in [0, 0.1) is 17.3 Å². The van der Waals surface area contributed by atoms with Crippen molar-refractivity contribution in [1.82, 2.24) is 0 Å². The summed E-state index contributed by atoms with van der Waals surface area (Å²) in [6.07, 6.45) is 3.01. The molecule has 3 fully saturated rings. The van der Waals surface area contributed by atoms with E-state index in [2.05, 4.69) is 12.2 Å². The Kier molecular flexibility index (Phi) is 1.97. The second kappa shape index (κ2) is 3.35. The molecule has 1 saturated heterocycles. The van der Waals surface area contributed by atoms with Gasteiger partial charge in [0.05, 0.1) is 17.6 Å². The topological polar surface area (TPSA) is 41.6 Å². The van der Waals surface area contributed by atoms with Crippen LogP contribution in [0.5, 0.6) is 0 Å². The highest BCUT2D eigenvalue weighted by atomic mass is 16.6. The van der Waals surface area contributed by atoms with Crippen LogP contribution in [0.25, 0.3) is 0 Å². The van der Waals surface area contributed by atoms with Crippen molar-refractivity contribution in [3.8, 4) is 0 Å². The van der Waals surface area contributed by atoms with Gasteiger partial charge in [0.2, 0.25) is 5.91 Å². The predicted molar refractivity (Wildman–Crippen MR) is 68.1 cm³/mol. The van der Waals surface area contributed by atoms with Crippen LogP contribution in [-0.4, -0.2) is 18.1 Å². The maximum Gasteiger partial charge on any atom is 0.230 e. The number of benzene rings is 1. The van der Waals surface area contributed by atoms with Gasteiger partial charge in [-0.2, -0.15) is 0 Å². The van der Waals surface area contributed by atoms with Gasteiger partial charge in [0, 0.05) is 11.6 Å². The molecule has 0 aromatic heterocycles. The molecule has 3 nitrogen and oxygen atoms in total. The molecular formula is C15H17NO2. The Hall–Kier alpha value is -1.35. The summed E-state index contributed by atoms with van der Waals surface area (Å²) in [6, 6.07) is 9.71. The number of ether oxygens (including phenoxy) is 1. The first-order chi connectivity index (χ1) is 8.68. The highest BCUT2D eigenvalue weighted by Gasteiger charge is 2.69. The van der Waals surface area contributed by atoms with Gasteiger partial charge in [-0.15, -0.1) is 0 Å². The lowest BCUT2D eigenvalue weighted by atomic mass is 9.74. The van der Waals surface area contributed by atoms with Gasteiger partial charge in [0.1, 0.15) is 0 Å². The van der Waals surface area contributed by atoms with Crippen molar-refractivity contribution < 1.29 is 9.53 Å². The standard InChI is InChI=1S/C15H17NO2/c1-15(8-9-7-11(15)13-12(9)18-13)14(17)16-10-5-3-2-4-6-10/h2-6,9,11-13H,7-8H2,1H3,(H,16,17)/t9-,11+,12-,13+,15+/m1/s1. The van der Waals surface area contributed by atoms with E-state index in [1.165, 1.54) is 6.42 Å². The number of anilines is 1. The molecule has 1 aliphatic heterocycles. The third-order valence-electron chi connectivity index (χ3n) is 5.03. The van der Waals surface area contributed by atoms with Gasteiger partial charge in [0.15, 0.2) is 0 Å². The Labute approximate surface area is 107 Å². The van der Waals surface area contributed by atoms with Crippen molar-refractivity contribution >= 4 is 11.6 Å². The number of carbonyl (C=O) groups is 1. The van der Waals surface area contributed by atoms with E-state index in [1.807, 2.05) is 30.3 Å². The van der Waals surface area contributed by atoms with Gasteiger partial charge in [-0.3, -0.25) is 4.79 Å². The van der Waals surface area contributed by atoms with Crippen LogP contribution in [-0.2, 0) is 9.53 Å². The minimum absolute atomic E-state index is 0.162. The summed E-state index contributed by atoms with van der Waals surface area (Å²) in [7, 11) is 0. The number of amides is 1. The molecule has 2 aliphatic carbocycles. The molecule has 1 aromatic rings. The molecule has 2 bridgehead atoms. The van der Waals surface area contributed by atoms with Crippen molar-refractivity contribution in [2.75, 3.05) is 5.32 Å². The number of nitrogens with one attached hydrogen (secondary N) is 1. The number of epoxide rings is 1. The summed E-state index contributed by atoms with van der Waals surface area (Å²) in [5, 5.41) is 3.05. The fourth-order valence-electron chi connectivity index (χ4n) is 4.01. The van der Waals surface area contributed by atoms with Crippen LogP contribution in [0.15, 0.2) is 30.3 Å². The van der Waals surface area contributed by atoms with Gasteiger partial charge >= 0.3 is 0 Å². The SMILES string of the molecule is C[C@]1(C(=O)Nc2ccccc2)C[C@H]2C[C@H]1[C@@H]1O[C@H]21. The van der Waals surface area contributed by atoms with Crippen molar-refractivity contribution in [2.24, 2.45) is 17.3 Å². The minimum Gasteiger partial charge on any atom is -0.369 e. The molecule has 3 aliphatic rings. The largest absolute Gasteiger partial charge is 0.369 e. The van der Waals surface area contributed by atoms with Crippen LogP contribution >= 0.6 is 0 Å². The number of carbonyl (C=O) groups excluding carboxylic acids is 1. The first-order valence-corrected chi connectivity index (χ1v) is 6.70. The van der Waals surface area contributed by atoms with Gasteiger partial charge in [-0.05, 0) is 30.9 Å². The molecule has 1 amide bonds. The maximum atomic E-state index is 12.5. The van der Waals surface area contributed by atoms with Crippen LogP contribution in [0.2, 0.25) is 0 Å². The van der Waals surface area contributed by atoms with Crippen molar-refractivity contribution in [2.45, 2.75) is 32.0 Å². The highest BCUT2D eigenvalue weighted by molar-refractivity contribution is 5.95. The predicted octanol–water partition coefficient (Wildman–Crippen LogP) is 2.44. The molecule has 94 valence electrons. The first kappa shape index (κ1) is 10.6. The molecule has 3 heteroatoms. The molecular weight excluding hydrogens is 226 g/mol. The zero-order valence-electron chi connectivity index (χ0n) is 10.4. The van der Waals surface area contributed by atoms with E-state index in [-0.39, 0.29) is 11.3 Å². The Morgan fingerprint density at radius 3 is 2.78 bits per heavy atom. The third kappa shape index (κ3) is 1.31. The van der Waals surface area contributed by atoms with E-state index in [0.717, 1.165) is 12.1 Å². The smallest absolute Gasteiger partial charge is 0.230 e. The second-order valence-electron chi connectivity index (χ2n) is 6.11. The summed E-state index contributed by atoms with van der Waals surface area (Å²) < 4.78 is 5.66.